The van der Waals surface area contributed by atoms with Gasteiger partial charge in [-0.3, -0.25) is 0 Å². The number of hydrogen-bond donors (Lipinski definition) is 2. The number of fused-ring (bicyclic) bond motifs is 1. The van der Waals surface area contributed by atoms with Crippen LogP contribution in [0.25, 0.3) is 0 Å². The molecule has 0 saturated carbocycles. The minimum absolute atomic E-state index is 0.336. The quantitative estimate of drug-likeness (QED) is 0.605. The van der Waals surface area contributed by atoms with Gasteiger partial charge in [0.15, 0.2) is 0 Å². The molecule has 12 heavy (non-hydrogen) atoms. The number of benzene rings is 1. The highest BCUT2D eigenvalue weighted by Gasteiger charge is 2.21. The molecule has 64 valence electrons. The first-order valence-corrected chi connectivity index (χ1v) is 4.29. The lowest BCUT2D eigenvalue weighted by Gasteiger charge is -2.27. The van der Waals surface area contributed by atoms with E-state index in [-0.39, 0.29) is 6.10 Å². The average Bonchev–Trinajstić information content (AvgIpc) is 2.12. The Bertz CT molecular complexity index is 256. The highest BCUT2D eigenvalue weighted by Crippen LogP contribution is 2.27. The van der Waals surface area contributed by atoms with Crippen LogP contribution in [0.3, 0.4) is 0 Å². The van der Waals surface area contributed by atoms with Crippen molar-refractivity contribution in [3.05, 3.63) is 35.4 Å². The van der Waals surface area contributed by atoms with Crippen molar-refractivity contribution in [1.82, 2.24) is 5.32 Å². The molecule has 0 aromatic heterocycles. The van der Waals surface area contributed by atoms with Gasteiger partial charge in [-0.1, -0.05) is 24.3 Å². The largest absolute Gasteiger partial charge is 0.387 e. The summed E-state index contributed by atoms with van der Waals surface area (Å²) in [5, 5.41) is 12.9. The Hall–Kier alpha value is -0.860. The molecule has 1 heterocycles. The van der Waals surface area contributed by atoms with Crippen molar-refractivity contribution < 1.29 is 5.11 Å². The van der Waals surface area contributed by atoms with Gasteiger partial charge in [0.1, 0.15) is 0 Å². The van der Waals surface area contributed by atoms with Crippen LogP contribution >= 0.6 is 0 Å². The molecule has 0 spiro atoms. The predicted octanol–water partition coefficient (Wildman–Crippen LogP) is 1.38. The molecule has 1 aromatic carbocycles. The third-order valence-electron chi connectivity index (χ3n) is 2.44. The lowest BCUT2D eigenvalue weighted by Crippen LogP contribution is -2.31. The summed E-state index contributed by atoms with van der Waals surface area (Å²) >= 11 is 0. The van der Waals surface area contributed by atoms with Crippen LogP contribution in [0.4, 0.5) is 0 Å². The van der Waals surface area contributed by atoms with Crippen molar-refractivity contribution in [3.63, 3.8) is 0 Å². The summed E-state index contributed by atoms with van der Waals surface area (Å²) in [5.74, 6) is 0. The van der Waals surface area contributed by atoms with Gasteiger partial charge in [0.25, 0.3) is 0 Å². The van der Waals surface area contributed by atoms with Gasteiger partial charge in [-0.25, -0.2) is 0 Å². The summed E-state index contributed by atoms with van der Waals surface area (Å²) < 4.78 is 0. The zero-order chi connectivity index (χ0) is 8.55. The molecule has 2 N–H and O–H groups in total. The fraction of sp³-hybridized carbons (Fsp3) is 0.400. The third-order valence-corrected chi connectivity index (χ3v) is 2.44. The van der Waals surface area contributed by atoms with E-state index in [9.17, 15) is 5.11 Å². The number of nitrogens with one attached hydrogen (secondary N) is 1. The van der Waals surface area contributed by atoms with Crippen molar-refractivity contribution in [2.45, 2.75) is 19.1 Å². The summed E-state index contributed by atoms with van der Waals surface area (Å²) in [6, 6.07) is 8.41. The van der Waals surface area contributed by atoms with Crippen molar-refractivity contribution in [2.75, 3.05) is 6.54 Å². The normalized spacial score (nSPS) is 28.2. The van der Waals surface area contributed by atoms with Crippen LogP contribution in [0.1, 0.15) is 30.2 Å². The summed E-state index contributed by atoms with van der Waals surface area (Å²) in [5.41, 5.74) is 2.29. The lowest BCUT2D eigenvalue weighted by molar-refractivity contribution is 0.159. The number of β-amino-alcohol motifs (C(OH)–C–C–N with tert-alkyl or cyclic N) is 1. The molecule has 0 fully saturated rings. The van der Waals surface area contributed by atoms with E-state index in [2.05, 4.69) is 18.3 Å². The van der Waals surface area contributed by atoms with Crippen LogP contribution in [0, 0.1) is 0 Å². The first-order chi connectivity index (χ1) is 5.79. The molecule has 0 saturated heterocycles. The standard InChI is InChI=1S/C10H13NO/c1-7-8-4-2-3-5-9(8)10(12)6-11-7/h2-5,7,10-12H,6H2,1H3/t7-,10?/m0/s1. The molecule has 2 nitrogen and oxygen atoms in total. The molecule has 1 aliphatic rings. The van der Waals surface area contributed by atoms with E-state index < -0.39 is 0 Å². The Balaban J connectivity index is 2.47. The zero-order valence-electron chi connectivity index (χ0n) is 7.12. The first-order valence-electron chi connectivity index (χ1n) is 4.29. The maximum atomic E-state index is 9.62. The average molecular weight is 163 g/mol. The molecule has 1 aliphatic heterocycles. The molecule has 0 bridgehead atoms. The molecule has 1 unspecified atom stereocenters. The minimum atomic E-state index is -0.336. The molecular weight excluding hydrogens is 150 g/mol. The van der Waals surface area contributed by atoms with Crippen molar-refractivity contribution >= 4 is 0 Å². The van der Waals surface area contributed by atoms with Gasteiger partial charge in [0, 0.05) is 12.6 Å². The molecule has 2 rings (SSSR count). The molecule has 2 heteroatoms. The fourth-order valence-electron chi connectivity index (χ4n) is 1.72. The highest BCUT2D eigenvalue weighted by molar-refractivity contribution is 5.33. The Morgan fingerprint density at radius 1 is 1.33 bits per heavy atom. The molecule has 0 aliphatic carbocycles. The summed E-state index contributed by atoms with van der Waals surface area (Å²) in [7, 11) is 0. The minimum Gasteiger partial charge on any atom is -0.387 e. The molecule has 0 amide bonds. The van der Waals surface area contributed by atoms with E-state index in [1.807, 2.05) is 18.2 Å². The number of rotatable bonds is 0. The summed E-state index contributed by atoms with van der Waals surface area (Å²) in [6.07, 6.45) is -0.336. The first kappa shape index (κ1) is 7.77. The molecular formula is C10H13NO. The van der Waals surface area contributed by atoms with Gasteiger partial charge in [-0.05, 0) is 18.1 Å². The maximum absolute atomic E-state index is 9.62. The number of aliphatic hydroxyl groups excluding tert-OH is 1. The number of hydrogen-bond acceptors (Lipinski definition) is 2. The lowest BCUT2D eigenvalue weighted by atomic mass is 9.94. The molecule has 1 aromatic rings. The summed E-state index contributed by atoms with van der Waals surface area (Å²) in [4.78, 5) is 0. The van der Waals surface area contributed by atoms with E-state index in [0.717, 1.165) is 5.56 Å². The maximum Gasteiger partial charge on any atom is 0.0917 e. The van der Waals surface area contributed by atoms with Gasteiger partial charge >= 0.3 is 0 Å². The Labute approximate surface area is 72.2 Å². The second-order valence-electron chi connectivity index (χ2n) is 3.27. The van der Waals surface area contributed by atoms with Crippen LogP contribution < -0.4 is 5.32 Å². The van der Waals surface area contributed by atoms with Crippen LogP contribution in [-0.2, 0) is 0 Å². The second-order valence-corrected chi connectivity index (χ2v) is 3.27. The zero-order valence-corrected chi connectivity index (χ0v) is 7.12. The van der Waals surface area contributed by atoms with Crippen LogP contribution in [0.5, 0.6) is 0 Å². The SMILES string of the molecule is C[C@@H]1NCC(O)c2ccccc21. The molecule has 0 radical (unpaired) electrons. The van der Waals surface area contributed by atoms with E-state index in [0.29, 0.717) is 12.6 Å². The van der Waals surface area contributed by atoms with Gasteiger partial charge in [0.2, 0.25) is 0 Å². The van der Waals surface area contributed by atoms with Crippen molar-refractivity contribution in [1.29, 1.82) is 0 Å². The van der Waals surface area contributed by atoms with Gasteiger partial charge in [-0.2, -0.15) is 0 Å². The van der Waals surface area contributed by atoms with Crippen LogP contribution in [0.2, 0.25) is 0 Å². The van der Waals surface area contributed by atoms with Crippen LogP contribution in [-0.4, -0.2) is 11.7 Å². The Kier molecular flexibility index (Phi) is 1.87. The predicted molar refractivity (Wildman–Crippen MR) is 47.8 cm³/mol. The van der Waals surface area contributed by atoms with Gasteiger partial charge in [-0.15, -0.1) is 0 Å². The Morgan fingerprint density at radius 3 is 2.67 bits per heavy atom. The monoisotopic (exact) mass is 163 g/mol. The smallest absolute Gasteiger partial charge is 0.0917 e. The van der Waals surface area contributed by atoms with E-state index in [1.165, 1.54) is 5.56 Å². The van der Waals surface area contributed by atoms with Gasteiger partial charge in [0.05, 0.1) is 6.10 Å². The summed E-state index contributed by atoms with van der Waals surface area (Å²) in [6.45, 7) is 2.78. The van der Waals surface area contributed by atoms with Crippen LogP contribution in [0.15, 0.2) is 24.3 Å². The highest BCUT2D eigenvalue weighted by atomic mass is 16.3. The number of aliphatic hydroxyl groups is 1. The van der Waals surface area contributed by atoms with Crippen molar-refractivity contribution in [3.8, 4) is 0 Å². The molecule has 2 atom stereocenters. The third kappa shape index (κ3) is 1.13. The van der Waals surface area contributed by atoms with Gasteiger partial charge < -0.3 is 10.4 Å². The van der Waals surface area contributed by atoms with Crippen molar-refractivity contribution in [2.24, 2.45) is 0 Å². The van der Waals surface area contributed by atoms with E-state index >= 15 is 0 Å². The Morgan fingerprint density at radius 2 is 2.00 bits per heavy atom. The second kappa shape index (κ2) is 2.88. The topological polar surface area (TPSA) is 32.3 Å². The van der Waals surface area contributed by atoms with E-state index in [1.54, 1.807) is 0 Å². The fourth-order valence-corrected chi connectivity index (χ4v) is 1.72. The van der Waals surface area contributed by atoms with E-state index in [4.69, 9.17) is 0 Å².